The van der Waals surface area contributed by atoms with Crippen LogP contribution in [0.2, 0.25) is 0 Å². The third kappa shape index (κ3) is 4.31. The number of ether oxygens (including phenoxy) is 2. The van der Waals surface area contributed by atoms with Crippen LogP contribution in [0.3, 0.4) is 0 Å². The lowest BCUT2D eigenvalue weighted by Crippen LogP contribution is -2.27. The van der Waals surface area contributed by atoms with Gasteiger partial charge >= 0.3 is 0 Å². The smallest absolute Gasteiger partial charge is 0.266 e. The maximum atomic E-state index is 13.8. The lowest BCUT2D eigenvalue weighted by Gasteiger charge is -2.12. The Labute approximate surface area is 167 Å². The Kier molecular flexibility index (Phi) is 6.13. The molecule has 1 aliphatic rings. The van der Waals surface area contributed by atoms with Crippen molar-refractivity contribution in [1.82, 2.24) is 4.90 Å². The maximum absolute atomic E-state index is 13.8. The van der Waals surface area contributed by atoms with Gasteiger partial charge in [0.25, 0.3) is 5.91 Å². The molecule has 0 aliphatic carbocycles. The number of rotatable bonds is 6. The number of nitrogens with zero attached hydrogens (tertiary/aromatic N) is 1. The molecule has 0 spiro atoms. The molecule has 2 aromatic rings. The number of benzene rings is 2. The average molecular weight is 404 g/mol. The Balaban J connectivity index is 1.90. The number of thiocarbonyl (C=S) groups is 1. The third-order valence-electron chi connectivity index (χ3n) is 4.03. The molecule has 1 saturated heterocycles. The summed E-state index contributed by atoms with van der Waals surface area (Å²) in [7, 11) is 1.57. The largest absolute Gasteiger partial charge is 0.497 e. The lowest BCUT2D eigenvalue weighted by molar-refractivity contribution is -0.121. The van der Waals surface area contributed by atoms with Crippen LogP contribution in [0.15, 0.2) is 47.4 Å². The highest BCUT2D eigenvalue weighted by Gasteiger charge is 2.30. The normalized spacial score (nSPS) is 15.5. The summed E-state index contributed by atoms with van der Waals surface area (Å²) in [6.45, 7) is 2.48. The van der Waals surface area contributed by atoms with Crippen LogP contribution in [0, 0.1) is 5.82 Å². The van der Waals surface area contributed by atoms with Crippen molar-refractivity contribution in [1.29, 1.82) is 0 Å². The van der Waals surface area contributed by atoms with E-state index in [4.69, 9.17) is 21.7 Å². The Morgan fingerprint density at radius 3 is 2.70 bits per heavy atom. The molecule has 1 heterocycles. The molecule has 1 aliphatic heterocycles. The van der Waals surface area contributed by atoms with E-state index < -0.39 is 0 Å². The van der Waals surface area contributed by atoms with E-state index in [1.165, 1.54) is 17.8 Å². The molecular weight excluding hydrogens is 385 g/mol. The number of hydrogen-bond acceptors (Lipinski definition) is 5. The molecule has 7 heteroatoms. The van der Waals surface area contributed by atoms with Gasteiger partial charge in [0.2, 0.25) is 0 Å². The van der Waals surface area contributed by atoms with E-state index in [1.54, 1.807) is 54.5 Å². The number of carbonyl (C=O) groups excluding carboxylic acids is 1. The number of hydrogen-bond donors (Lipinski definition) is 0. The molecule has 0 bridgehead atoms. The first kappa shape index (κ1) is 19.4. The van der Waals surface area contributed by atoms with Gasteiger partial charge in [-0.05, 0) is 37.3 Å². The van der Waals surface area contributed by atoms with Gasteiger partial charge < -0.3 is 9.47 Å². The van der Waals surface area contributed by atoms with Crippen molar-refractivity contribution in [2.24, 2.45) is 0 Å². The molecule has 0 atom stereocenters. The molecule has 0 unspecified atom stereocenters. The molecule has 3 rings (SSSR count). The van der Waals surface area contributed by atoms with Gasteiger partial charge in [-0.15, -0.1) is 0 Å². The first-order valence-corrected chi connectivity index (χ1v) is 9.55. The molecule has 0 saturated carbocycles. The highest BCUT2D eigenvalue weighted by molar-refractivity contribution is 8.26. The van der Waals surface area contributed by atoms with E-state index in [2.05, 4.69) is 0 Å². The van der Waals surface area contributed by atoms with Crippen molar-refractivity contribution >= 4 is 40.3 Å². The van der Waals surface area contributed by atoms with E-state index in [-0.39, 0.29) is 18.3 Å². The van der Waals surface area contributed by atoms with Crippen molar-refractivity contribution < 1.29 is 18.7 Å². The number of amides is 1. The van der Waals surface area contributed by atoms with Gasteiger partial charge in [0.1, 0.15) is 28.2 Å². The van der Waals surface area contributed by atoms with Crippen LogP contribution in [0.5, 0.6) is 11.5 Å². The molecule has 0 N–H and O–H groups in total. The summed E-state index contributed by atoms with van der Waals surface area (Å²) in [4.78, 5) is 14.5. The highest BCUT2D eigenvalue weighted by atomic mass is 32.2. The summed E-state index contributed by atoms with van der Waals surface area (Å²) >= 11 is 6.50. The van der Waals surface area contributed by atoms with E-state index in [0.29, 0.717) is 38.4 Å². The first-order chi connectivity index (χ1) is 13.0. The second-order valence-electron chi connectivity index (χ2n) is 5.71. The molecular formula is C20H18FNO3S2. The Morgan fingerprint density at radius 2 is 2.04 bits per heavy atom. The molecule has 1 fully saturated rings. The summed E-state index contributed by atoms with van der Waals surface area (Å²) in [5.74, 6) is 0.707. The molecule has 2 aromatic carbocycles. The monoisotopic (exact) mass is 403 g/mol. The topological polar surface area (TPSA) is 38.8 Å². The van der Waals surface area contributed by atoms with Crippen molar-refractivity contribution in [2.45, 2.75) is 13.5 Å². The van der Waals surface area contributed by atoms with Gasteiger partial charge in [0.05, 0.1) is 12.0 Å². The standard InChI is InChI=1S/C20H18FNO3S2/c1-3-22-19(23)18(27-20(22)26)11-14-10-15(24-2)8-9-17(14)25-12-13-6-4-5-7-16(13)21/h4-11H,3,12H2,1-2H3/b18-11-. The fourth-order valence-corrected chi connectivity index (χ4v) is 3.96. The second-order valence-corrected chi connectivity index (χ2v) is 7.39. The minimum absolute atomic E-state index is 0.0791. The zero-order valence-corrected chi connectivity index (χ0v) is 16.5. The van der Waals surface area contributed by atoms with Crippen molar-refractivity contribution in [3.05, 3.63) is 64.3 Å². The summed E-state index contributed by atoms with van der Waals surface area (Å²) in [6, 6.07) is 11.7. The summed E-state index contributed by atoms with van der Waals surface area (Å²) in [5.41, 5.74) is 1.12. The van der Waals surface area contributed by atoms with Crippen LogP contribution in [0.25, 0.3) is 6.08 Å². The summed E-state index contributed by atoms with van der Waals surface area (Å²) in [6.07, 6.45) is 1.73. The van der Waals surface area contributed by atoms with Crippen molar-refractivity contribution in [3.63, 3.8) is 0 Å². The molecule has 1 amide bonds. The Morgan fingerprint density at radius 1 is 1.26 bits per heavy atom. The van der Waals surface area contributed by atoms with Gasteiger partial charge in [-0.2, -0.15) is 0 Å². The predicted octanol–water partition coefficient (Wildman–Crippen LogP) is 4.63. The molecule has 0 aromatic heterocycles. The first-order valence-electron chi connectivity index (χ1n) is 8.33. The summed E-state index contributed by atoms with van der Waals surface area (Å²) < 4.78 is 25.5. The molecule has 4 nitrogen and oxygen atoms in total. The number of halogens is 1. The molecule has 27 heavy (non-hydrogen) atoms. The van der Waals surface area contributed by atoms with Crippen LogP contribution in [0.1, 0.15) is 18.1 Å². The van der Waals surface area contributed by atoms with Crippen molar-refractivity contribution in [2.75, 3.05) is 13.7 Å². The number of methoxy groups -OCH3 is 1. The van der Waals surface area contributed by atoms with Gasteiger partial charge in [-0.1, -0.05) is 42.2 Å². The predicted molar refractivity (Wildman–Crippen MR) is 109 cm³/mol. The van der Waals surface area contributed by atoms with E-state index >= 15 is 0 Å². The second kappa shape index (κ2) is 8.54. The van der Waals surface area contributed by atoms with Gasteiger partial charge in [-0.3, -0.25) is 9.69 Å². The number of likely N-dealkylation sites (N-methyl/N-ethyl adjacent to an activating group) is 1. The Bertz CT molecular complexity index is 914. The van der Waals surface area contributed by atoms with E-state index in [1.807, 2.05) is 6.92 Å². The zero-order chi connectivity index (χ0) is 19.4. The van der Waals surface area contributed by atoms with Crippen LogP contribution in [-0.4, -0.2) is 28.8 Å². The zero-order valence-electron chi connectivity index (χ0n) is 14.9. The fourth-order valence-electron chi connectivity index (χ4n) is 2.58. The van der Waals surface area contributed by atoms with Crippen LogP contribution in [-0.2, 0) is 11.4 Å². The SMILES string of the molecule is CCN1C(=O)/C(=C/c2cc(OC)ccc2OCc2ccccc2F)SC1=S. The highest BCUT2D eigenvalue weighted by Crippen LogP contribution is 2.35. The molecule has 140 valence electrons. The van der Waals surface area contributed by atoms with Crippen LogP contribution >= 0.6 is 24.0 Å². The van der Waals surface area contributed by atoms with Crippen LogP contribution in [0.4, 0.5) is 4.39 Å². The minimum Gasteiger partial charge on any atom is -0.497 e. The van der Waals surface area contributed by atoms with Gasteiger partial charge in [-0.25, -0.2) is 4.39 Å². The Hall–Kier alpha value is -2.38. The van der Waals surface area contributed by atoms with Crippen molar-refractivity contribution in [3.8, 4) is 11.5 Å². The minimum atomic E-state index is -0.323. The van der Waals surface area contributed by atoms with Gasteiger partial charge in [0.15, 0.2) is 0 Å². The number of carbonyl (C=O) groups is 1. The lowest BCUT2D eigenvalue weighted by atomic mass is 10.1. The quantitative estimate of drug-likeness (QED) is 0.519. The van der Waals surface area contributed by atoms with E-state index in [0.717, 1.165) is 0 Å². The summed E-state index contributed by atoms with van der Waals surface area (Å²) in [5, 5.41) is 0. The van der Waals surface area contributed by atoms with Crippen LogP contribution < -0.4 is 9.47 Å². The van der Waals surface area contributed by atoms with Gasteiger partial charge in [0, 0.05) is 17.7 Å². The maximum Gasteiger partial charge on any atom is 0.266 e. The number of thioether (sulfide) groups is 1. The molecule has 0 radical (unpaired) electrons. The van der Waals surface area contributed by atoms with E-state index in [9.17, 15) is 9.18 Å². The average Bonchev–Trinajstić information content (AvgIpc) is 2.94. The fraction of sp³-hybridized carbons (Fsp3) is 0.200. The third-order valence-corrected chi connectivity index (χ3v) is 5.41.